The lowest BCUT2D eigenvalue weighted by Crippen LogP contribution is -2.28. The third-order valence-corrected chi connectivity index (χ3v) is 7.93. The fourth-order valence-corrected chi connectivity index (χ4v) is 5.71. The van der Waals surface area contributed by atoms with Gasteiger partial charge in [-0.3, -0.25) is 9.69 Å². The van der Waals surface area contributed by atoms with Crippen LogP contribution in [-0.2, 0) is 12.3 Å². The van der Waals surface area contributed by atoms with E-state index in [0.717, 1.165) is 53.9 Å². The minimum atomic E-state index is -0.511. The maximum atomic E-state index is 13.2. The van der Waals surface area contributed by atoms with Gasteiger partial charge in [-0.25, -0.2) is 15.0 Å². The predicted octanol–water partition coefficient (Wildman–Crippen LogP) is 3.81. The number of hydrogen-bond acceptors (Lipinski definition) is 13. The summed E-state index contributed by atoms with van der Waals surface area (Å²) in [4.78, 5) is 20.0. The number of thioether (sulfide) groups is 1. The van der Waals surface area contributed by atoms with Gasteiger partial charge < -0.3 is 14.9 Å². The van der Waals surface area contributed by atoms with E-state index in [-0.39, 0.29) is 17.3 Å². The summed E-state index contributed by atoms with van der Waals surface area (Å²) in [7, 11) is 1.62. The molecule has 0 saturated carbocycles. The van der Waals surface area contributed by atoms with E-state index in [1.54, 1.807) is 13.3 Å². The van der Waals surface area contributed by atoms with Crippen LogP contribution in [0.3, 0.4) is 0 Å². The number of ether oxygens (including phenoxy) is 1. The molecule has 0 spiro atoms. The van der Waals surface area contributed by atoms with E-state index in [1.807, 2.05) is 42.5 Å². The Kier molecular flexibility index (Phi) is 8.60. The highest BCUT2D eigenvalue weighted by molar-refractivity contribution is 7.98. The Morgan fingerprint density at radius 2 is 2.00 bits per heavy atom. The smallest absolute Gasteiger partial charge is 0.293 e. The number of fused-ring (bicyclic) bond motifs is 1. The number of hydrazone groups is 1. The van der Waals surface area contributed by atoms with Crippen LogP contribution in [-0.4, -0.2) is 67.5 Å². The third kappa shape index (κ3) is 6.52. The van der Waals surface area contributed by atoms with Gasteiger partial charge in [0.25, 0.3) is 11.1 Å². The van der Waals surface area contributed by atoms with Crippen LogP contribution < -0.4 is 15.9 Å². The summed E-state index contributed by atoms with van der Waals surface area (Å²) >= 11 is 1.46. The van der Waals surface area contributed by atoms with Crippen molar-refractivity contribution >= 4 is 40.8 Å². The Morgan fingerprint density at radius 1 is 1.16 bits per heavy atom. The number of anilines is 1. The number of carbonyl (C=O) groups is 1. The summed E-state index contributed by atoms with van der Waals surface area (Å²) < 4.78 is 17.5. The largest absolute Gasteiger partial charge is 0.496 e. The van der Waals surface area contributed by atoms with Crippen molar-refractivity contribution in [3.05, 3.63) is 65.0 Å². The van der Waals surface area contributed by atoms with Crippen LogP contribution in [0.15, 0.2) is 61.8 Å². The molecule has 0 radical (unpaired) electrons. The van der Waals surface area contributed by atoms with Gasteiger partial charge >= 0.3 is 0 Å². The van der Waals surface area contributed by atoms with E-state index < -0.39 is 5.91 Å². The van der Waals surface area contributed by atoms with Crippen LogP contribution in [0.2, 0.25) is 0 Å². The average Bonchev–Trinajstić information content (AvgIpc) is 3.69. The van der Waals surface area contributed by atoms with Crippen LogP contribution in [0, 0.1) is 0 Å². The standard InChI is InChI=1S/C28H30N10O4S/c1-40-22-11-10-18(14-19(22)17-43-28-31-20-8-4-5-9-23(20)41-28)15-30-33-27(39)24-21(16-37-12-6-2-3-7-13-37)38(36-32-24)26-25(29)34-42-35-26/h4-5,8-11,14-15H,2-3,6-7,12-13,16-17H2,1H3,(H2,29,34)(H,33,39)/b30-15+. The molecule has 2 aromatic carbocycles. The lowest BCUT2D eigenvalue weighted by Gasteiger charge is -2.20. The maximum Gasteiger partial charge on any atom is 0.293 e. The molecule has 43 heavy (non-hydrogen) atoms. The minimum Gasteiger partial charge on any atom is -0.496 e. The number of nitrogen functional groups attached to an aromatic ring is 1. The second-order valence-electron chi connectivity index (χ2n) is 9.97. The minimum absolute atomic E-state index is 0.0524. The monoisotopic (exact) mass is 602 g/mol. The number of nitrogens with two attached hydrogens (primary N) is 1. The number of oxazole rings is 1. The molecule has 14 nitrogen and oxygen atoms in total. The Hall–Kier alpha value is -4.76. The van der Waals surface area contributed by atoms with Crippen molar-refractivity contribution in [2.24, 2.45) is 5.10 Å². The summed E-state index contributed by atoms with van der Waals surface area (Å²) in [5.41, 5.74) is 12.4. The number of methoxy groups -OCH3 is 1. The number of nitrogens with zero attached hydrogens (tertiary/aromatic N) is 8. The van der Waals surface area contributed by atoms with Gasteiger partial charge in [0.1, 0.15) is 11.3 Å². The molecule has 0 atom stereocenters. The molecule has 0 bridgehead atoms. The molecule has 3 aromatic heterocycles. The summed E-state index contributed by atoms with van der Waals surface area (Å²) in [5, 5.41) is 20.5. The molecule has 222 valence electrons. The number of para-hydroxylation sites is 2. The molecule has 1 saturated heterocycles. The first kappa shape index (κ1) is 28.4. The number of nitrogens with one attached hydrogen (secondary N) is 1. The molecule has 15 heteroatoms. The number of rotatable bonds is 10. The van der Waals surface area contributed by atoms with Gasteiger partial charge in [-0.15, -0.1) is 5.10 Å². The van der Waals surface area contributed by atoms with E-state index in [0.29, 0.717) is 23.2 Å². The summed E-state index contributed by atoms with van der Waals surface area (Å²) in [6.45, 7) is 2.24. The second kappa shape index (κ2) is 13.0. The van der Waals surface area contributed by atoms with Gasteiger partial charge in [0.2, 0.25) is 11.6 Å². The van der Waals surface area contributed by atoms with Crippen LogP contribution >= 0.6 is 11.8 Å². The van der Waals surface area contributed by atoms with Crippen molar-refractivity contribution in [3.8, 4) is 11.6 Å². The normalized spacial score (nSPS) is 14.3. The number of hydrogen-bond donors (Lipinski definition) is 2. The Balaban J connectivity index is 1.17. The second-order valence-corrected chi connectivity index (χ2v) is 10.9. The maximum absolute atomic E-state index is 13.2. The van der Waals surface area contributed by atoms with Crippen molar-refractivity contribution in [1.29, 1.82) is 0 Å². The molecule has 1 aliphatic heterocycles. The van der Waals surface area contributed by atoms with E-state index in [2.05, 4.69) is 41.0 Å². The highest BCUT2D eigenvalue weighted by Crippen LogP contribution is 2.30. The molecule has 0 unspecified atom stereocenters. The number of amides is 1. The number of aromatic nitrogens is 6. The molecular formula is C28H30N10O4S. The fourth-order valence-electron chi connectivity index (χ4n) is 4.90. The Bertz CT molecular complexity index is 1710. The van der Waals surface area contributed by atoms with E-state index in [1.165, 1.54) is 29.3 Å². The highest BCUT2D eigenvalue weighted by atomic mass is 32.2. The molecule has 4 heterocycles. The average molecular weight is 603 g/mol. The van der Waals surface area contributed by atoms with Crippen LogP contribution in [0.4, 0.5) is 5.82 Å². The van der Waals surface area contributed by atoms with Gasteiger partial charge in [0.15, 0.2) is 11.3 Å². The van der Waals surface area contributed by atoms with Crippen molar-refractivity contribution in [2.75, 3.05) is 25.9 Å². The SMILES string of the molecule is COc1ccc(/C=N/NC(=O)c2nnn(-c3nonc3N)c2CN2CCCCCC2)cc1CSc1nc2ccccc2o1. The first-order valence-electron chi connectivity index (χ1n) is 13.8. The lowest BCUT2D eigenvalue weighted by molar-refractivity contribution is 0.0947. The molecule has 1 aliphatic rings. The van der Waals surface area contributed by atoms with Crippen molar-refractivity contribution < 1.29 is 18.6 Å². The van der Waals surface area contributed by atoms with E-state index in [9.17, 15) is 4.79 Å². The molecule has 6 rings (SSSR count). The summed E-state index contributed by atoms with van der Waals surface area (Å²) in [5.74, 6) is 1.01. The molecule has 3 N–H and O–H groups in total. The van der Waals surface area contributed by atoms with Gasteiger partial charge in [0.05, 0.1) is 19.0 Å². The summed E-state index contributed by atoms with van der Waals surface area (Å²) in [6, 6.07) is 13.3. The zero-order valence-electron chi connectivity index (χ0n) is 23.5. The Labute approximate surface area is 250 Å². The fraction of sp³-hybridized carbons (Fsp3) is 0.321. The Morgan fingerprint density at radius 3 is 2.77 bits per heavy atom. The zero-order chi connectivity index (χ0) is 29.6. The van der Waals surface area contributed by atoms with Gasteiger partial charge in [-0.05, 0) is 72.1 Å². The number of benzene rings is 2. The zero-order valence-corrected chi connectivity index (χ0v) is 24.3. The predicted molar refractivity (Wildman–Crippen MR) is 159 cm³/mol. The van der Waals surface area contributed by atoms with Gasteiger partial charge in [0, 0.05) is 17.9 Å². The molecule has 1 fully saturated rings. The van der Waals surface area contributed by atoms with Crippen LogP contribution in [0.1, 0.15) is 53.0 Å². The molecular weight excluding hydrogens is 572 g/mol. The molecule has 0 aliphatic carbocycles. The lowest BCUT2D eigenvalue weighted by atomic mass is 10.1. The van der Waals surface area contributed by atoms with Crippen LogP contribution in [0.5, 0.6) is 5.75 Å². The molecule has 1 amide bonds. The van der Waals surface area contributed by atoms with Gasteiger partial charge in [-0.1, -0.05) is 41.9 Å². The van der Waals surface area contributed by atoms with Crippen molar-refractivity contribution in [3.63, 3.8) is 0 Å². The highest BCUT2D eigenvalue weighted by Gasteiger charge is 2.26. The first-order chi connectivity index (χ1) is 21.1. The number of carbonyl (C=O) groups excluding carboxylic acids is 1. The molecule has 5 aromatic rings. The van der Waals surface area contributed by atoms with Gasteiger partial charge in [-0.2, -0.15) is 9.78 Å². The van der Waals surface area contributed by atoms with Crippen molar-refractivity contribution in [1.82, 2.24) is 40.6 Å². The van der Waals surface area contributed by atoms with Crippen molar-refractivity contribution in [2.45, 2.75) is 43.2 Å². The van der Waals surface area contributed by atoms with Crippen LogP contribution in [0.25, 0.3) is 16.9 Å². The topological polar surface area (TPSA) is 176 Å². The van der Waals surface area contributed by atoms with E-state index in [4.69, 9.17) is 19.5 Å². The van der Waals surface area contributed by atoms with E-state index >= 15 is 0 Å². The number of likely N-dealkylation sites (tertiary alicyclic amines) is 1. The third-order valence-electron chi connectivity index (χ3n) is 7.06. The summed E-state index contributed by atoms with van der Waals surface area (Å²) in [6.07, 6.45) is 6.08. The quantitative estimate of drug-likeness (QED) is 0.134. The first-order valence-corrected chi connectivity index (χ1v) is 14.8.